The topological polar surface area (TPSA) is 124 Å². The summed E-state index contributed by atoms with van der Waals surface area (Å²) in [7, 11) is -5.75. The van der Waals surface area contributed by atoms with E-state index in [0.717, 1.165) is 19.3 Å². The van der Waals surface area contributed by atoms with Crippen molar-refractivity contribution in [3.05, 3.63) is 0 Å². The lowest BCUT2D eigenvalue weighted by molar-refractivity contribution is -0.161. The van der Waals surface area contributed by atoms with Crippen molar-refractivity contribution >= 4 is 27.8 Å². The molecule has 8 nitrogen and oxygen atoms in total. The van der Waals surface area contributed by atoms with Gasteiger partial charge in [-0.05, 0) is 68.6 Å². The lowest BCUT2D eigenvalue weighted by atomic mass is 9.48. The van der Waals surface area contributed by atoms with Gasteiger partial charge in [0.05, 0.1) is 11.8 Å². The first-order chi connectivity index (χ1) is 15.9. The number of Topliss-reactive ketones (excluding diaryl/α,β-unsaturated/α-hetero) is 1. The number of carbonyl (C=O) groups is 3. The SMILES string of the molecule is O=C(OCC(F)(F)S(=O)(=O)O)C1C2CC3C(OC(=O)C31)C2CC(=O)C12CC3CC(CC(C3)C1)C2. The molecule has 1 saturated heterocycles. The zero-order valence-electron chi connectivity index (χ0n) is 18.5. The maximum atomic E-state index is 13.7. The molecule has 6 unspecified atom stereocenters. The fraction of sp³-hybridized carbons (Fsp3) is 0.870. The van der Waals surface area contributed by atoms with E-state index < -0.39 is 57.8 Å². The van der Waals surface area contributed by atoms with Crippen molar-refractivity contribution in [1.82, 2.24) is 0 Å². The van der Waals surface area contributed by atoms with Crippen LogP contribution in [0.25, 0.3) is 0 Å². The summed E-state index contributed by atoms with van der Waals surface area (Å²) in [6.45, 7) is -1.83. The summed E-state index contributed by atoms with van der Waals surface area (Å²) in [6.07, 6.45) is 6.52. The van der Waals surface area contributed by atoms with E-state index in [4.69, 9.17) is 9.29 Å². The van der Waals surface area contributed by atoms with Crippen molar-refractivity contribution in [2.45, 2.75) is 62.7 Å². The molecule has 0 aromatic rings. The first-order valence-electron chi connectivity index (χ1n) is 12.1. The molecule has 0 aromatic carbocycles. The summed E-state index contributed by atoms with van der Waals surface area (Å²) < 4.78 is 67.7. The molecule has 34 heavy (non-hydrogen) atoms. The van der Waals surface area contributed by atoms with Crippen LogP contribution in [0.3, 0.4) is 0 Å². The van der Waals surface area contributed by atoms with E-state index >= 15 is 0 Å². The second kappa shape index (κ2) is 7.21. The van der Waals surface area contributed by atoms with Gasteiger partial charge in [-0.25, -0.2) is 0 Å². The third-order valence-corrected chi connectivity index (χ3v) is 10.7. The molecule has 6 bridgehead atoms. The first kappa shape index (κ1) is 22.8. The monoisotopic (exact) mass is 502 g/mol. The molecule has 0 radical (unpaired) electrons. The van der Waals surface area contributed by atoms with Gasteiger partial charge in [0.15, 0.2) is 6.61 Å². The molecule has 6 saturated carbocycles. The van der Waals surface area contributed by atoms with Crippen LogP contribution in [0, 0.1) is 52.8 Å². The third-order valence-electron chi connectivity index (χ3n) is 9.85. The molecule has 0 spiro atoms. The second-order valence-electron chi connectivity index (χ2n) is 11.7. The highest BCUT2D eigenvalue weighted by atomic mass is 32.2. The van der Waals surface area contributed by atoms with Crippen LogP contribution in [0.4, 0.5) is 8.78 Å². The minimum absolute atomic E-state index is 0.175. The van der Waals surface area contributed by atoms with Gasteiger partial charge in [0.25, 0.3) is 0 Å². The Bertz CT molecular complexity index is 1020. The van der Waals surface area contributed by atoms with Crippen LogP contribution < -0.4 is 0 Å². The van der Waals surface area contributed by atoms with E-state index in [2.05, 4.69) is 4.74 Å². The van der Waals surface area contributed by atoms with Gasteiger partial charge < -0.3 is 9.47 Å². The fourth-order valence-electron chi connectivity index (χ4n) is 8.99. The van der Waals surface area contributed by atoms with Gasteiger partial charge in [0, 0.05) is 23.7 Å². The van der Waals surface area contributed by atoms with Crippen LogP contribution in [0.2, 0.25) is 0 Å². The smallest absolute Gasteiger partial charge is 0.402 e. The van der Waals surface area contributed by atoms with Gasteiger partial charge in [-0.15, -0.1) is 0 Å². The van der Waals surface area contributed by atoms with Crippen molar-refractivity contribution < 1.29 is 45.6 Å². The number of hydrogen-bond acceptors (Lipinski definition) is 7. The molecule has 0 aromatic heterocycles. The highest BCUT2D eigenvalue weighted by Crippen LogP contribution is 2.64. The van der Waals surface area contributed by atoms with Gasteiger partial charge in [0.2, 0.25) is 0 Å². The van der Waals surface area contributed by atoms with E-state index in [9.17, 15) is 31.6 Å². The van der Waals surface area contributed by atoms with Gasteiger partial charge in [0.1, 0.15) is 11.9 Å². The molecule has 1 aliphatic heterocycles. The standard InChI is InChI=1S/C23H28F2O8S/c24-23(25,34(29,30)31)9-32-20(27)17-13-4-15-18(17)21(28)33-19(15)14(13)5-16(26)22-6-10-1-11(7-22)3-12(2-10)8-22/h10-15,17-19H,1-9H2,(H,29,30,31). The predicted molar refractivity (Wildman–Crippen MR) is 110 cm³/mol. The highest BCUT2D eigenvalue weighted by molar-refractivity contribution is 7.86. The largest absolute Gasteiger partial charge is 0.461 e. The van der Waals surface area contributed by atoms with Crippen molar-refractivity contribution in [3.63, 3.8) is 0 Å². The molecule has 188 valence electrons. The number of hydrogen-bond donors (Lipinski definition) is 1. The number of rotatable bonds is 7. The summed E-state index contributed by atoms with van der Waals surface area (Å²) in [6, 6.07) is 0. The lowest BCUT2D eigenvalue weighted by Crippen LogP contribution is -2.51. The minimum Gasteiger partial charge on any atom is -0.461 e. The van der Waals surface area contributed by atoms with Crippen molar-refractivity contribution in [2.24, 2.45) is 52.8 Å². The molecule has 7 fully saturated rings. The summed E-state index contributed by atoms with van der Waals surface area (Å²) in [5.41, 5.74) is -0.327. The zero-order chi connectivity index (χ0) is 24.2. The number of ether oxygens (including phenoxy) is 2. The summed E-state index contributed by atoms with van der Waals surface area (Å²) in [5, 5.41) is -4.65. The quantitative estimate of drug-likeness (QED) is 0.416. The van der Waals surface area contributed by atoms with Gasteiger partial charge in [-0.2, -0.15) is 17.2 Å². The fourth-order valence-corrected chi connectivity index (χ4v) is 9.20. The minimum atomic E-state index is -5.75. The maximum absolute atomic E-state index is 13.7. The molecule has 6 aliphatic carbocycles. The van der Waals surface area contributed by atoms with Crippen molar-refractivity contribution in [2.75, 3.05) is 6.61 Å². The van der Waals surface area contributed by atoms with Crippen molar-refractivity contribution in [3.8, 4) is 0 Å². The summed E-state index contributed by atoms with van der Waals surface area (Å²) >= 11 is 0. The molecule has 1 heterocycles. The Labute approximate surface area is 195 Å². The van der Waals surface area contributed by atoms with Crippen LogP contribution >= 0.6 is 0 Å². The number of esters is 2. The Morgan fingerprint density at radius 2 is 1.65 bits per heavy atom. The molecule has 1 N–H and O–H groups in total. The van der Waals surface area contributed by atoms with Gasteiger partial charge in [-0.1, -0.05) is 0 Å². The zero-order valence-corrected chi connectivity index (χ0v) is 19.3. The Hall–Kier alpha value is -1.62. The van der Waals surface area contributed by atoms with E-state index in [1.54, 1.807) is 0 Å². The Morgan fingerprint density at radius 3 is 2.21 bits per heavy atom. The van der Waals surface area contributed by atoms with Gasteiger partial charge in [-0.3, -0.25) is 18.9 Å². The lowest BCUT2D eigenvalue weighted by Gasteiger charge is -2.56. The number of fused-ring (bicyclic) bond motifs is 1. The molecule has 0 amide bonds. The predicted octanol–water partition coefficient (Wildman–Crippen LogP) is 2.61. The first-order valence-corrected chi connectivity index (χ1v) is 13.6. The summed E-state index contributed by atoms with van der Waals surface area (Å²) in [4.78, 5) is 39.0. The number of ketones is 1. The third kappa shape index (κ3) is 3.21. The Kier molecular flexibility index (Phi) is 4.84. The number of carbonyl (C=O) groups excluding carboxylic acids is 3. The Morgan fingerprint density at radius 1 is 1.06 bits per heavy atom. The van der Waals surface area contributed by atoms with Crippen LogP contribution in [-0.2, 0) is 34.0 Å². The number of halogens is 2. The van der Waals surface area contributed by atoms with Crippen LogP contribution in [0.15, 0.2) is 0 Å². The maximum Gasteiger partial charge on any atom is 0.402 e. The van der Waals surface area contributed by atoms with Crippen LogP contribution in [0.1, 0.15) is 51.4 Å². The normalized spacial score (nSPS) is 46.1. The second-order valence-corrected chi connectivity index (χ2v) is 13.3. The van der Waals surface area contributed by atoms with E-state index in [1.165, 1.54) is 19.3 Å². The average Bonchev–Trinajstić information content (AvgIpc) is 3.34. The van der Waals surface area contributed by atoms with Crippen LogP contribution in [0.5, 0.6) is 0 Å². The van der Waals surface area contributed by atoms with E-state index in [-0.39, 0.29) is 29.5 Å². The molecule has 6 atom stereocenters. The molecular weight excluding hydrogens is 474 g/mol. The average molecular weight is 503 g/mol. The summed E-state index contributed by atoms with van der Waals surface area (Å²) in [5.74, 6) is -2.68. The van der Waals surface area contributed by atoms with Gasteiger partial charge >= 0.3 is 27.3 Å². The highest BCUT2D eigenvalue weighted by Gasteiger charge is 2.69. The molecule has 7 aliphatic rings. The molecule has 11 heteroatoms. The molecule has 7 rings (SSSR count). The number of alkyl halides is 2. The molecular formula is C23H28F2O8S. The Balaban J connectivity index is 1.19. The van der Waals surface area contributed by atoms with Crippen molar-refractivity contribution in [1.29, 1.82) is 0 Å². The van der Waals surface area contributed by atoms with Crippen LogP contribution in [-0.4, -0.2) is 48.7 Å². The van der Waals surface area contributed by atoms with E-state index in [1.807, 2.05) is 0 Å². The van der Waals surface area contributed by atoms with E-state index in [0.29, 0.717) is 24.2 Å².